The van der Waals surface area contributed by atoms with Gasteiger partial charge >= 0.3 is 0 Å². The average Bonchev–Trinajstić information content (AvgIpc) is 2.68. The number of fused-ring (bicyclic) bond motifs is 1. The summed E-state index contributed by atoms with van der Waals surface area (Å²) < 4.78 is 0. The summed E-state index contributed by atoms with van der Waals surface area (Å²) in [5.41, 5.74) is 4.48. The second kappa shape index (κ2) is 9.09. The number of hydrogen-bond acceptors (Lipinski definition) is 3. The van der Waals surface area contributed by atoms with Crippen molar-refractivity contribution >= 4 is 29.3 Å². The molecule has 2 atom stereocenters. The fourth-order valence-electron chi connectivity index (χ4n) is 3.30. The SMILES string of the molecule is Cc1ccc(NC(=O)CS[C@H](C)C(=O)N[C@@H]2CCCc3ccccc32)cc1. The fourth-order valence-corrected chi connectivity index (χ4v) is 4.00. The number of thioether (sulfide) groups is 1. The van der Waals surface area contributed by atoms with Crippen LogP contribution >= 0.6 is 11.8 Å². The summed E-state index contributed by atoms with van der Waals surface area (Å²) >= 11 is 1.36. The van der Waals surface area contributed by atoms with Gasteiger partial charge in [0.15, 0.2) is 0 Å². The molecule has 4 nitrogen and oxygen atoms in total. The van der Waals surface area contributed by atoms with Crippen molar-refractivity contribution in [3.05, 3.63) is 65.2 Å². The van der Waals surface area contributed by atoms with Crippen molar-refractivity contribution in [2.75, 3.05) is 11.1 Å². The second-order valence-electron chi connectivity index (χ2n) is 7.02. The summed E-state index contributed by atoms with van der Waals surface area (Å²) in [5, 5.41) is 5.75. The quantitative estimate of drug-likeness (QED) is 0.785. The average molecular weight is 383 g/mol. The van der Waals surface area contributed by atoms with E-state index in [0.29, 0.717) is 0 Å². The van der Waals surface area contributed by atoms with Crippen LogP contribution in [0.2, 0.25) is 0 Å². The van der Waals surface area contributed by atoms with E-state index in [-0.39, 0.29) is 28.9 Å². The Morgan fingerprint density at radius 3 is 2.67 bits per heavy atom. The Hall–Kier alpha value is -2.27. The summed E-state index contributed by atoms with van der Waals surface area (Å²) in [6.45, 7) is 3.86. The lowest BCUT2D eigenvalue weighted by Crippen LogP contribution is -2.36. The molecule has 3 rings (SSSR count). The van der Waals surface area contributed by atoms with Crippen LogP contribution in [-0.2, 0) is 16.0 Å². The lowest BCUT2D eigenvalue weighted by molar-refractivity contribution is -0.121. The Morgan fingerprint density at radius 2 is 1.89 bits per heavy atom. The Balaban J connectivity index is 1.48. The third-order valence-corrected chi connectivity index (χ3v) is 6.00. The van der Waals surface area contributed by atoms with Crippen LogP contribution < -0.4 is 10.6 Å². The summed E-state index contributed by atoms with van der Waals surface area (Å²) in [5.74, 6) is 0.153. The highest BCUT2D eigenvalue weighted by molar-refractivity contribution is 8.01. The second-order valence-corrected chi connectivity index (χ2v) is 8.35. The standard InChI is InChI=1S/C22H26N2O2S/c1-15-10-12-18(13-11-15)23-21(25)14-27-16(2)22(26)24-20-9-5-7-17-6-3-4-8-19(17)20/h3-4,6,8,10-13,16,20H,5,7,9,14H2,1-2H3,(H,23,25)(H,24,26)/t16-,20-/m1/s1. The first-order valence-corrected chi connectivity index (χ1v) is 10.4. The molecule has 142 valence electrons. The van der Waals surface area contributed by atoms with Crippen molar-refractivity contribution in [1.29, 1.82) is 0 Å². The normalized spacial score (nSPS) is 16.9. The zero-order valence-electron chi connectivity index (χ0n) is 15.8. The van der Waals surface area contributed by atoms with Gasteiger partial charge in [-0.2, -0.15) is 0 Å². The van der Waals surface area contributed by atoms with Crippen molar-refractivity contribution in [1.82, 2.24) is 5.32 Å². The minimum atomic E-state index is -0.275. The van der Waals surface area contributed by atoms with Gasteiger partial charge in [-0.3, -0.25) is 9.59 Å². The van der Waals surface area contributed by atoms with Crippen LogP contribution in [0.3, 0.4) is 0 Å². The Morgan fingerprint density at radius 1 is 1.15 bits per heavy atom. The molecule has 0 radical (unpaired) electrons. The molecule has 0 heterocycles. The number of nitrogens with one attached hydrogen (secondary N) is 2. The van der Waals surface area contributed by atoms with Crippen LogP contribution in [0, 0.1) is 6.92 Å². The lowest BCUT2D eigenvalue weighted by Gasteiger charge is -2.27. The molecule has 27 heavy (non-hydrogen) atoms. The van der Waals surface area contributed by atoms with Gasteiger partial charge in [-0.25, -0.2) is 0 Å². The molecule has 0 unspecified atom stereocenters. The third-order valence-electron chi connectivity index (χ3n) is 4.85. The molecule has 0 spiro atoms. The van der Waals surface area contributed by atoms with E-state index in [1.165, 1.54) is 22.9 Å². The van der Waals surface area contributed by atoms with E-state index in [1.54, 1.807) is 0 Å². The number of carbonyl (C=O) groups excluding carboxylic acids is 2. The number of hydrogen-bond donors (Lipinski definition) is 2. The Bertz CT molecular complexity index is 804. The maximum Gasteiger partial charge on any atom is 0.234 e. The maximum absolute atomic E-state index is 12.6. The van der Waals surface area contributed by atoms with Gasteiger partial charge in [0.1, 0.15) is 0 Å². The molecule has 0 bridgehead atoms. The van der Waals surface area contributed by atoms with Gasteiger partial charge < -0.3 is 10.6 Å². The van der Waals surface area contributed by atoms with Gasteiger partial charge in [0.25, 0.3) is 0 Å². The van der Waals surface area contributed by atoms with E-state index in [4.69, 9.17) is 0 Å². The zero-order chi connectivity index (χ0) is 19.2. The molecule has 0 aromatic heterocycles. The predicted molar refractivity (Wildman–Crippen MR) is 112 cm³/mol. The highest BCUT2D eigenvalue weighted by atomic mass is 32.2. The number of anilines is 1. The summed E-state index contributed by atoms with van der Waals surface area (Å²) in [7, 11) is 0. The maximum atomic E-state index is 12.6. The first kappa shape index (κ1) is 19.5. The smallest absolute Gasteiger partial charge is 0.234 e. The van der Waals surface area contributed by atoms with Gasteiger partial charge in [-0.05, 0) is 56.4 Å². The van der Waals surface area contributed by atoms with Gasteiger partial charge in [-0.15, -0.1) is 11.8 Å². The fraction of sp³-hybridized carbons (Fsp3) is 0.364. The largest absolute Gasteiger partial charge is 0.348 e. The topological polar surface area (TPSA) is 58.2 Å². The molecular weight excluding hydrogens is 356 g/mol. The van der Waals surface area contributed by atoms with Gasteiger partial charge in [0.05, 0.1) is 17.0 Å². The van der Waals surface area contributed by atoms with Gasteiger partial charge in [-0.1, -0.05) is 42.0 Å². The van der Waals surface area contributed by atoms with E-state index in [2.05, 4.69) is 22.8 Å². The molecule has 2 aromatic carbocycles. The summed E-state index contributed by atoms with van der Waals surface area (Å²) in [6, 6.07) is 16.1. The third kappa shape index (κ3) is 5.36. The minimum Gasteiger partial charge on any atom is -0.348 e. The summed E-state index contributed by atoms with van der Waals surface area (Å²) in [6.07, 6.45) is 3.13. The van der Waals surface area contributed by atoms with Crippen LogP contribution in [0.15, 0.2) is 48.5 Å². The van der Waals surface area contributed by atoms with Crippen LogP contribution in [0.4, 0.5) is 5.69 Å². The van der Waals surface area contributed by atoms with Crippen LogP contribution in [0.5, 0.6) is 0 Å². The molecule has 0 fully saturated rings. The lowest BCUT2D eigenvalue weighted by atomic mass is 9.88. The van der Waals surface area contributed by atoms with Gasteiger partial charge in [0.2, 0.25) is 11.8 Å². The Labute approximate surface area is 165 Å². The summed E-state index contributed by atoms with van der Waals surface area (Å²) in [4.78, 5) is 24.7. The molecule has 0 saturated carbocycles. The van der Waals surface area contributed by atoms with Crippen molar-refractivity contribution < 1.29 is 9.59 Å². The number of amides is 2. The van der Waals surface area contributed by atoms with E-state index < -0.39 is 0 Å². The molecule has 2 N–H and O–H groups in total. The van der Waals surface area contributed by atoms with Crippen molar-refractivity contribution in [3.8, 4) is 0 Å². The van der Waals surface area contributed by atoms with E-state index in [1.807, 2.05) is 50.2 Å². The number of rotatable bonds is 6. The molecule has 0 aliphatic heterocycles. The van der Waals surface area contributed by atoms with E-state index >= 15 is 0 Å². The van der Waals surface area contributed by atoms with Crippen molar-refractivity contribution in [2.24, 2.45) is 0 Å². The molecule has 1 aliphatic rings. The number of benzene rings is 2. The van der Waals surface area contributed by atoms with Crippen LogP contribution in [0.25, 0.3) is 0 Å². The van der Waals surface area contributed by atoms with Crippen LogP contribution in [-0.4, -0.2) is 22.8 Å². The van der Waals surface area contributed by atoms with Crippen LogP contribution in [0.1, 0.15) is 42.5 Å². The first-order chi connectivity index (χ1) is 13.0. The molecule has 1 aliphatic carbocycles. The molecular formula is C22H26N2O2S. The van der Waals surface area contributed by atoms with Gasteiger partial charge in [0, 0.05) is 5.69 Å². The highest BCUT2D eigenvalue weighted by Crippen LogP contribution is 2.29. The van der Waals surface area contributed by atoms with E-state index in [9.17, 15) is 9.59 Å². The Kier molecular flexibility index (Phi) is 6.56. The molecule has 2 amide bonds. The number of carbonyl (C=O) groups is 2. The predicted octanol–water partition coefficient (Wildman–Crippen LogP) is 4.25. The highest BCUT2D eigenvalue weighted by Gasteiger charge is 2.24. The van der Waals surface area contributed by atoms with Crippen molar-refractivity contribution in [3.63, 3.8) is 0 Å². The minimum absolute atomic E-state index is 0.00941. The number of aryl methyl sites for hydroxylation is 2. The zero-order valence-corrected chi connectivity index (χ0v) is 16.6. The first-order valence-electron chi connectivity index (χ1n) is 9.39. The van der Waals surface area contributed by atoms with E-state index in [0.717, 1.165) is 30.5 Å². The molecule has 5 heteroatoms. The molecule has 2 aromatic rings. The monoisotopic (exact) mass is 382 g/mol. The van der Waals surface area contributed by atoms with Crippen molar-refractivity contribution in [2.45, 2.75) is 44.4 Å². The molecule has 0 saturated heterocycles.